The topological polar surface area (TPSA) is 56.9 Å². The van der Waals surface area contributed by atoms with Gasteiger partial charge in [0.25, 0.3) is 0 Å². The summed E-state index contributed by atoms with van der Waals surface area (Å²) in [6.45, 7) is 3.96. The molecule has 0 amide bonds. The molecular weight excluding hydrogens is 266 g/mol. The van der Waals surface area contributed by atoms with Crippen molar-refractivity contribution in [2.75, 3.05) is 6.61 Å². The summed E-state index contributed by atoms with van der Waals surface area (Å²) >= 11 is 0. The van der Waals surface area contributed by atoms with E-state index < -0.39 is 0 Å². The highest BCUT2D eigenvalue weighted by Crippen LogP contribution is 2.29. The van der Waals surface area contributed by atoms with Gasteiger partial charge >= 0.3 is 0 Å². The Bertz CT molecular complexity index is 550. The molecule has 0 bridgehead atoms. The first-order valence-corrected chi connectivity index (χ1v) is 7.57. The van der Waals surface area contributed by atoms with Crippen molar-refractivity contribution in [3.8, 4) is 0 Å². The zero-order valence-corrected chi connectivity index (χ0v) is 12.6. The molecule has 6 nitrogen and oxygen atoms in total. The molecule has 0 radical (unpaired) electrons. The highest BCUT2D eigenvalue weighted by atomic mass is 16.5. The smallest absolute Gasteiger partial charge is 0.114 e. The van der Waals surface area contributed by atoms with Crippen LogP contribution in [0.25, 0.3) is 0 Å². The van der Waals surface area contributed by atoms with Crippen LogP contribution < -0.4 is 5.32 Å². The van der Waals surface area contributed by atoms with Crippen LogP contribution in [0.15, 0.2) is 30.7 Å². The van der Waals surface area contributed by atoms with Crippen LogP contribution in [0.2, 0.25) is 0 Å². The lowest BCUT2D eigenvalue weighted by Crippen LogP contribution is -2.39. The number of rotatable bonds is 6. The number of nitrogens with one attached hydrogen (secondary N) is 1. The average molecular weight is 289 g/mol. The Morgan fingerprint density at radius 2 is 2.33 bits per heavy atom. The molecule has 1 N–H and O–H groups in total. The van der Waals surface area contributed by atoms with Crippen molar-refractivity contribution >= 4 is 0 Å². The Kier molecular flexibility index (Phi) is 4.36. The maximum atomic E-state index is 5.90. The molecular formula is C15H23N5O. The largest absolute Gasteiger partial charge is 0.370 e. The minimum absolute atomic E-state index is 0.102. The van der Waals surface area contributed by atoms with Crippen molar-refractivity contribution in [1.29, 1.82) is 0 Å². The Morgan fingerprint density at radius 1 is 1.43 bits per heavy atom. The molecule has 21 heavy (non-hydrogen) atoms. The second-order valence-corrected chi connectivity index (χ2v) is 5.69. The van der Waals surface area contributed by atoms with Crippen LogP contribution in [0, 0.1) is 0 Å². The minimum Gasteiger partial charge on any atom is -0.370 e. The van der Waals surface area contributed by atoms with Crippen LogP contribution in [0.1, 0.15) is 31.6 Å². The molecule has 1 saturated heterocycles. The molecule has 1 aliphatic rings. The fourth-order valence-corrected chi connectivity index (χ4v) is 2.92. The van der Waals surface area contributed by atoms with E-state index in [4.69, 9.17) is 4.74 Å². The van der Waals surface area contributed by atoms with Crippen molar-refractivity contribution in [1.82, 2.24) is 24.9 Å². The third-order valence-electron chi connectivity index (χ3n) is 4.09. The van der Waals surface area contributed by atoms with Gasteiger partial charge in [0.1, 0.15) is 6.10 Å². The number of aryl methyl sites for hydroxylation is 2. The summed E-state index contributed by atoms with van der Waals surface area (Å²) in [7, 11) is 1.97. The number of hydrogen-bond acceptors (Lipinski definition) is 4. The van der Waals surface area contributed by atoms with Gasteiger partial charge in [-0.25, -0.2) is 0 Å². The predicted octanol–water partition coefficient (Wildman–Crippen LogP) is 1.51. The lowest BCUT2D eigenvalue weighted by atomic mass is 10.1. The van der Waals surface area contributed by atoms with Crippen molar-refractivity contribution in [3.05, 3.63) is 36.4 Å². The molecule has 3 heterocycles. The summed E-state index contributed by atoms with van der Waals surface area (Å²) in [5.74, 6) is 0. The molecule has 2 aromatic heterocycles. The van der Waals surface area contributed by atoms with Crippen LogP contribution in [0.4, 0.5) is 0 Å². The fraction of sp³-hybridized carbons (Fsp3) is 0.600. The normalized spacial score (nSPS) is 23.5. The van der Waals surface area contributed by atoms with E-state index in [2.05, 4.69) is 22.4 Å². The Morgan fingerprint density at radius 3 is 3.05 bits per heavy atom. The van der Waals surface area contributed by atoms with Crippen molar-refractivity contribution in [2.24, 2.45) is 7.05 Å². The first-order valence-electron chi connectivity index (χ1n) is 7.57. The quantitative estimate of drug-likeness (QED) is 0.876. The van der Waals surface area contributed by atoms with Crippen LogP contribution in [-0.4, -0.2) is 38.3 Å². The maximum Gasteiger partial charge on any atom is 0.114 e. The lowest BCUT2D eigenvalue weighted by Gasteiger charge is -2.24. The summed E-state index contributed by atoms with van der Waals surface area (Å²) in [5.41, 5.74) is 1.14. The molecule has 1 fully saturated rings. The fourth-order valence-electron chi connectivity index (χ4n) is 2.92. The number of nitrogens with zero attached hydrogens (tertiary/aromatic N) is 4. The third-order valence-corrected chi connectivity index (χ3v) is 4.09. The van der Waals surface area contributed by atoms with Gasteiger partial charge in [-0.3, -0.25) is 9.36 Å². The molecule has 0 spiro atoms. The Hall–Kier alpha value is -1.66. The summed E-state index contributed by atoms with van der Waals surface area (Å²) in [4.78, 5) is 0. The second kappa shape index (κ2) is 6.41. The Balaban J connectivity index is 1.55. The monoisotopic (exact) mass is 289 g/mol. The Labute approximate surface area is 125 Å². The van der Waals surface area contributed by atoms with E-state index in [0.29, 0.717) is 12.1 Å². The van der Waals surface area contributed by atoms with Gasteiger partial charge in [0, 0.05) is 50.9 Å². The molecule has 2 aromatic rings. The lowest BCUT2D eigenvalue weighted by molar-refractivity contribution is 0.0898. The maximum absolute atomic E-state index is 5.90. The van der Waals surface area contributed by atoms with Gasteiger partial charge in [0.2, 0.25) is 0 Å². The van der Waals surface area contributed by atoms with Crippen LogP contribution in [0.3, 0.4) is 0 Å². The van der Waals surface area contributed by atoms with Crippen molar-refractivity contribution in [2.45, 2.75) is 44.5 Å². The molecule has 0 aromatic carbocycles. The second-order valence-electron chi connectivity index (χ2n) is 5.69. The third kappa shape index (κ3) is 3.33. The van der Waals surface area contributed by atoms with Crippen LogP contribution >= 0.6 is 0 Å². The number of ether oxygens (including phenoxy) is 1. The van der Waals surface area contributed by atoms with E-state index in [0.717, 1.165) is 31.7 Å². The molecule has 0 saturated carbocycles. The SMILES string of the molecule is CC(CCn1cccn1)N[C@H]1CCO[C@@H]1c1ccnn1C. The van der Waals surface area contributed by atoms with E-state index in [1.165, 1.54) is 0 Å². The van der Waals surface area contributed by atoms with Gasteiger partial charge < -0.3 is 10.1 Å². The van der Waals surface area contributed by atoms with Gasteiger partial charge in [0.15, 0.2) is 0 Å². The van der Waals surface area contributed by atoms with E-state index >= 15 is 0 Å². The summed E-state index contributed by atoms with van der Waals surface area (Å²) in [6, 6.07) is 4.78. The zero-order chi connectivity index (χ0) is 14.7. The molecule has 1 aliphatic heterocycles. The van der Waals surface area contributed by atoms with Gasteiger partial charge in [-0.15, -0.1) is 0 Å². The minimum atomic E-state index is 0.102. The standard InChI is InChI=1S/C15H23N5O/c1-12(5-10-20-9-3-7-17-20)18-13-6-11-21-15(13)14-4-8-16-19(14)2/h3-4,7-9,12-13,15,18H,5-6,10-11H2,1-2H3/t12?,13-,15-/m0/s1. The van der Waals surface area contributed by atoms with E-state index in [9.17, 15) is 0 Å². The van der Waals surface area contributed by atoms with E-state index in [1.807, 2.05) is 47.1 Å². The van der Waals surface area contributed by atoms with Crippen LogP contribution in [-0.2, 0) is 18.3 Å². The highest BCUT2D eigenvalue weighted by molar-refractivity contribution is 5.09. The van der Waals surface area contributed by atoms with Crippen molar-refractivity contribution < 1.29 is 4.74 Å². The number of aromatic nitrogens is 4. The summed E-state index contributed by atoms with van der Waals surface area (Å²) in [5, 5.41) is 12.2. The van der Waals surface area contributed by atoms with Crippen LogP contribution in [0.5, 0.6) is 0 Å². The van der Waals surface area contributed by atoms with Gasteiger partial charge in [-0.05, 0) is 31.9 Å². The first-order chi connectivity index (χ1) is 10.2. The summed E-state index contributed by atoms with van der Waals surface area (Å²) < 4.78 is 9.78. The highest BCUT2D eigenvalue weighted by Gasteiger charge is 2.32. The molecule has 6 heteroatoms. The molecule has 0 aliphatic carbocycles. The van der Waals surface area contributed by atoms with Crippen molar-refractivity contribution in [3.63, 3.8) is 0 Å². The predicted molar refractivity (Wildman–Crippen MR) is 79.7 cm³/mol. The van der Waals surface area contributed by atoms with Gasteiger partial charge in [0.05, 0.1) is 5.69 Å². The van der Waals surface area contributed by atoms with E-state index in [-0.39, 0.29) is 6.10 Å². The van der Waals surface area contributed by atoms with E-state index in [1.54, 1.807) is 0 Å². The van der Waals surface area contributed by atoms with Gasteiger partial charge in [-0.1, -0.05) is 0 Å². The molecule has 3 atom stereocenters. The first kappa shape index (κ1) is 14.3. The average Bonchev–Trinajstić information content (AvgIpc) is 3.18. The van der Waals surface area contributed by atoms with Gasteiger partial charge in [-0.2, -0.15) is 10.2 Å². The molecule has 114 valence electrons. The molecule has 3 rings (SSSR count). The molecule has 1 unspecified atom stereocenters. The number of hydrogen-bond donors (Lipinski definition) is 1. The summed E-state index contributed by atoms with van der Waals surface area (Å²) in [6.07, 6.45) is 7.85. The zero-order valence-electron chi connectivity index (χ0n) is 12.6.